The third-order valence-corrected chi connectivity index (χ3v) is 10.6. The molecule has 0 unspecified atom stereocenters. The summed E-state index contributed by atoms with van der Waals surface area (Å²) in [6.07, 6.45) is 11.9. The maximum absolute atomic E-state index is 14.1. The molecule has 0 radical (unpaired) electrons. The molecule has 6 nitrogen and oxygen atoms in total. The van der Waals surface area contributed by atoms with Crippen LogP contribution in [0.4, 0.5) is 0 Å². The third-order valence-electron chi connectivity index (χ3n) is 10.6. The van der Waals surface area contributed by atoms with Gasteiger partial charge >= 0.3 is 0 Å². The van der Waals surface area contributed by atoms with Crippen LogP contribution in [0.1, 0.15) is 127 Å². The highest BCUT2D eigenvalue weighted by Crippen LogP contribution is 2.62. The number of carbonyl (C=O) groups is 4. The van der Waals surface area contributed by atoms with Crippen molar-refractivity contribution in [2.45, 2.75) is 137 Å². The molecule has 3 aliphatic rings. The first-order valence-corrected chi connectivity index (χ1v) is 16.4. The molecule has 3 atom stereocenters. The average molecular weight is 575 g/mol. The SMILES string of the molecule is CCC(=O)[C@@H]1C[C@]23CCC(=O)C(C)(C)CCCCCc4cc(CCC(C)C)cc5c(C(C)=O)cn(c45)CC(=O)N1[C@@H]2C3. The van der Waals surface area contributed by atoms with Gasteiger partial charge in [-0.25, -0.2) is 0 Å². The zero-order valence-electron chi connectivity index (χ0n) is 26.7. The van der Waals surface area contributed by atoms with Gasteiger partial charge < -0.3 is 9.47 Å². The second-order valence-electron chi connectivity index (χ2n) is 14.6. The van der Waals surface area contributed by atoms with Gasteiger partial charge in [-0.05, 0) is 86.8 Å². The number of piperidine rings is 1. The van der Waals surface area contributed by atoms with Crippen LogP contribution in [-0.2, 0) is 33.8 Å². The van der Waals surface area contributed by atoms with E-state index in [-0.39, 0.29) is 40.9 Å². The molecule has 0 N–H and O–H groups in total. The molecule has 2 aromatic rings. The topological polar surface area (TPSA) is 76.5 Å². The Bertz CT molecular complexity index is 1400. The van der Waals surface area contributed by atoms with Gasteiger partial charge in [0.05, 0.1) is 11.6 Å². The van der Waals surface area contributed by atoms with Gasteiger partial charge in [-0.1, -0.05) is 53.5 Å². The summed E-state index contributed by atoms with van der Waals surface area (Å²) in [4.78, 5) is 55.3. The van der Waals surface area contributed by atoms with Crippen molar-refractivity contribution in [3.8, 4) is 0 Å². The van der Waals surface area contributed by atoms with E-state index in [1.807, 2.05) is 22.6 Å². The summed E-state index contributed by atoms with van der Waals surface area (Å²) < 4.78 is 2.00. The number of Topliss-reactive ketones (excluding diaryl/α,β-unsaturated/α-hetero) is 3. The number of rotatable bonds is 6. The molecular formula is C36H50N2O4. The van der Waals surface area contributed by atoms with Gasteiger partial charge in [0.2, 0.25) is 5.91 Å². The Labute approximate surface area is 251 Å². The Morgan fingerprint density at radius 3 is 2.48 bits per heavy atom. The molecule has 1 aromatic heterocycles. The van der Waals surface area contributed by atoms with Crippen molar-refractivity contribution in [2.24, 2.45) is 16.7 Å². The van der Waals surface area contributed by atoms with Crippen LogP contribution in [0.5, 0.6) is 0 Å². The van der Waals surface area contributed by atoms with Crippen LogP contribution in [0, 0.1) is 16.7 Å². The largest absolute Gasteiger partial charge is 0.337 e. The number of carbonyl (C=O) groups excluding carboxylic acids is 4. The Kier molecular flexibility index (Phi) is 8.57. The fourth-order valence-electron chi connectivity index (χ4n) is 7.78. The van der Waals surface area contributed by atoms with E-state index in [0.717, 1.165) is 68.7 Å². The van der Waals surface area contributed by atoms with Crippen LogP contribution < -0.4 is 0 Å². The van der Waals surface area contributed by atoms with Gasteiger partial charge in [0.25, 0.3) is 0 Å². The number of aromatic nitrogens is 1. The van der Waals surface area contributed by atoms with Crippen LogP contribution >= 0.6 is 0 Å². The maximum Gasteiger partial charge on any atom is 0.243 e. The minimum atomic E-state index is -0.417. The molecule has 3 heterocycles. The second-order valence-corrected chi connectivity index (χ2v) is 14.6. The third kappa shape index (κ3) is 5.88. The van der Waals surface area contributed by atoms with Crippen LogP contribution in [0.15, 0.2) is 18.3 Å². The predicted octanol–water partition coefficient (Wildman–Crippen LogP) is 7.26. The van der Waals surface area contributed by atoms with Crippen LogP contribution in [0.3, 0.4) is 0 Å². The van der Waals surface area contributed by atoms with E-state index in [4.69, 9.17) is 0 Å². The fourth-order valence-corrected chi connectivity index (χ4v) is 7.78. The van der Waals surface area contributed by atoms with Gasteiger partial charge in [-0.2, -0.15) is 0 Å². The van der Waals surface area contributed by atoms with E-state index in [2.05, 4.69) is 39.8 Å². The Morgan fingerprint density at radius 2 is 1.79 bits per heavy atom. The van der Waals surface area contributed by atoms with E-state index in [1.165, 1.54) is 11.1 Å². The number of hydrogen-bond donors (Lipinski definition) is 0. The summed E-state index contributed by atoms with van der Waals surface area (Å²) in [6.45, 7) is 12.2. The quantitative estimate of drug-likeness (QED) is 0.340. The van der Waals surface area contributed by atoms with Gasteiger partial charge in [-0.15, -0.1) is 0 Å². The molecule has 1 aliphatic carbocycles. The second kappa shape index (κ2) is 11.7. The highest BCUT2D eigenvalue weighted by molar-refractivity contribution is 6.08. The summed E-state index contributed by atoms with van der Waals surface area (Å²) in [5.74, 6) is 0.953. The average Bonchev–Trinajstić information content (AvgIpc) is 3.35. The Hall–Kier alpha value is -2.76. The number of hydrogen-bond acceptors (Lipinski definition) is 4. The fraction of sp³-hybridized carbons (Fsp3) is 0.667. The standard InChI is InChI=1S/C36H50N2O4/c1-7-30(40)29-19-36-16-14-32(41)35(5,6)15-10-8-9-11-26-17-25(13-12-23(2)3)18-27-28(24(4)39)21-37(34(26)27)22-33(42)38(29)31(36)20-36/h17-18,21,23,29,31H,7-16,19-20,22H2,1-6H3/t29-,31+,36-/m0/s1. The molecule has 228 valence electrons. The molecule has 1 aromatic carbocycles. The molecular weight excluding hydrogens is 524 g/mol. The summed E-state index contributed by atoms with van der Waals surface area (Å²) in [5.41, 5.74) is 3.60. The molecule has 1 saturated heterocycles. The van der Waals surface area contributed by atoms with Gasteiger partial charge in [0.1, 0.15) is 12.3 Å². The lowest BCUT2D eigenvalue weighted by Gasteiger charge is -2.27. The zero-order valence-corrected chi connectivity index (χ0v) is 26.7. The minimum absolute atomic E-state index is 0.00798. The first-order valence-electron chi connectivity index (χ1n) is 16.4. The first-order chi connectivity index (χ1) is 19.9. The number of nitrogens with zero attached hydrogens (tertiary/aromatic N) is 2. The van der Waals surface area contributed by atoms with E-state index in [1.54, 1.807) is 6.92 Å². The summed E-state index contributed by atoms with van der Waals surface area (Å²) in [7, 11) is 0. The highest BCUT2D eigenvalue weighted by Gasteiger charge is 2.66. The van der Waals surface area contributed by atoms with Crippen molar-refractivity contribution in [3.05, 3.63) is 35.0 Å². The van der Waals surface area contributed by atoms with Gasteiger partial charge in [0.15, 0.2) is 11.6 Å². The van der Waals surface area contributed by atoms with Crippen LogP contribution in [0.2, 0.25) is 0 Å². The molecule has 42 heavy (non-hydrogen) atoms. The van der Waals surface area contributed by atoms with Crippen molar-refractivity contribution in [2.75, 3.05) is 0 Å². The lowest BCUT2D eigenvalue weighted by Crippen LogP contribution is -2.44. The maximum atomic E-state index is 14.1. The number of benzene rings is 1. The number of ketones is 3. The van der Waals surface area contributed by atoms with Crippen molar-refractivity contribution in [1.82, 2.24) is 9.47 Å². The smallest absolute Gasteiger partial charge is 0.243 e. The molecule has 5 rings (SSSR count). The number of amides is 1. The minimum Gasteiger partial charge on any atom is -0.337 e. The molecule has 2 fully saturated rings. The van der Waals surface area contributed by atoms with Crippen LogP contribution in [0.25, 0.3) is 10.9 Å². The monoisotopic (exact) mass is 574 g/mol. The summed E-state index contributed by atoms with van der Waals surface area (Å²) in [5, 5.41) is 0.944. The van der Waals surface area contributed by atoms with Gasteiger partial charge in [-0.3, -0.25) is 19.2 Å². The molecule has 2 bridgehead atoms. The van der Waals surface area contributed by atoms with Crippen molar-refractivity contribution in [3.63, 3.8) is 0 Å². The summed E-state index contributed by atoms with van der Waals surface area (Å²) >= 11 is 0. The van der Waals surface area contributed by atoms with E-state index in [0.29, 0.717) is 36.5 Å². The van der Waals surface area contributed by atoms with E-state index < -0.39 is 6.04 Å². The zero-order chi connectivity index (χ0) is 30.4. The first kappa shape index (κ1) is 30.7. The number of aryl methyl sites for hydroxylation is 2. The van der Waals surface area contributed by atoms with Crippen molar-refractivity contribution in [1.29, 1.82) is 0 Å². The Morgan fingerprint density at radius 1 is 1.02 bits per heavy atom. The van der Waals surface area contributed by atoms with E-state index >= 15 is 0 Å². The Balaban J connectivity index is 1.57. The molecule has 1 saturated carbocycles. The van der Waals surface area contributed by atoms with Crippen LogP contribution in [-0.4, -0.2) is 44.8 Å². The molecule has 6 heteroatoms. The van der Waals surface area contributed by atoms with E-state index in [9.17, 15) is 19.2 Å². The van der Waals surface area contributed by atoms with Crippen molar-refractivity contribution < 1.29 is 19.2 Å². The molecule has 0 spiro atoms. The lowest BCUT2D eigenvalue weighted by atomic mass is 9.79. The highest BCUT2D eigenvalue weighted by atomic mass is 16.2. The summed E-state index contributed by atoms with van der Waals surface area (Å²) in [6, 6.07) is 4.07. The van der Waals surface area contributed by atoms with Crippen molar-refractivity contribution >= 4 is 34.2 Å². The van der Waals surface area contributed by atoms with Gasteiger partial charge in [0, 0.05) is 41.4 Å². The normalized spacial score (nSPS) is 26.4. The molecule has 1 amide bonds. The predicted molar refractivity (Wildman–Crippen MR) is 167 cm³/mol. The molecule has 2 aliphatic heterocycles. The lowest BCUT2D eigenvalue weighted by molar-refractivity contribution is -0.139.